The number of amides is 1. The SMILES string of the molecule is COC(=O)c1cnc(N2CC(Br)CC2=O)nc1. The lowest BCUT2D eigenvalue weighted by Gasteiger charge is -2.12. The highest BCUT2D eigenvalue weighted by Crippen LogP contribution is 2.21. The molecule has 0 spiro atoms. The average molecular weight is 300 g/mol. The minimum atomic E-state index is -0.498. The fourth-order valence-corrected chi connectivity index (χ4v) is 2.11. The van der Waals surface area contributed by atoms with E-state index in [4.69, 9.17) is 0 Å². The van der Waals surface area contributed by atoms with Gasteiger partial charge in [-0.3, -0.25) is 9.69 Å². The van der Waals surface area contributed by atoms with Crippen molar-refractivity contribution in [2.24, 2.45) is 0 Å². The number of ether oxygens (including phenoxy) is 1. The third kappa shape index (κ3) is 2.44. The highest BCUT2D eigenvalue weighted by molar-refractivity contribution is 9.09. The molecule has 1 aromatic rings. The predicted octanol–water partition coefficient (Wildman–Crippen LogP) is 0.763. The van der Waals surface area contributed by atoms with E-state index < -0.39 is 5.97 Å². The van der Waals surface area contributed by atoms with Crippen molar-refractivity contribution in [2.75, 3.05) is 18.6 Å². The molecule has 1 unspecified atom stereocenters. The molecule has 7 heteroatoms. The third-order valence-electron chi connectivity index (χ3n) is 2.38. The first kappa shape index (κ1) is 12.0. The van der Waals surface area contributed by atoms with Gasteiger partial charge in [-0.2, -0.15) is 0 Å². The summed E-state index contributed by atoms with van der Waals surface area (Å²) in [6, 6.07) is 0. The van der Waals surface area contributed by atoms with Crippen LogP contribution in [0.2, 0.25) is 0 Å². The number of rotatable bonds is 2. The Bertz CT molecular complexity index is 449. The van der Waals surface area contributed by atoms with Gasteiger partial charge < -0.3 is 4.74 Å². The number of carbonyl (C=O) groups excluding carboxylic acids is 2. The van der Waals surface area contributed by atoms with Gasteiger partial charge >= 0.3 is 5.97 Å². The Morgan fingerprint density at radius 2 is 2.18 bits per heavy atom. The topological polar surface area (TPSA) is 72.4 Å². The second kappa shape index (κ2) is 4.79. The molecule has 90 valence electrons. The predicted molar refractivity (Wildman–Crippen MR) is 63.1 cm³/mol. The van der Waals surface area contributed by atoms with Crippen molar-refractivity contribution in [3.8, 4) is 0 Å². The van der Waals surface area contributed by atoms with E-state index >= 15 is 0 Å². The molecular formula is C10H10BrN3O3. The zero-order valence-corrected chi connectivity index (χ0v) is 10.7. The Kier molecular flexibility index (Phi) is 3.37. The fraction of sp³-hybridized carbons (Fsp3) is 0.400. The van der Waals surface area contributed by atoms with Gasteiger partial charge in [-0.15, -0.1) is 0 Å². The number of hydrogen-bond acceptors (Lipinski definition) is 5. The first-order chi connectivity index (χ1) is 8.11. The Hall–Kier alpha value is -1.50. The van der Waals surface area contributed by atoms with Crippen LogP contribution in [-0.2, 0) is 9.53 Å². The van der Waals surface area contributed by atoms with E-state index in [-0.39, 0.29) is 16.3 Å². The molecule has 1 aliphatic heterocycles. The Morgan fingerprint density at radius 3 is 2.65 bits per heavy atom. The van der Waals surface area contributed by atoms with Crippen LogP contribution in [0.25, 0.3) is 0 Å². The summed E-state index contributed by atoms with van der Waals surface area (Å²) < 4.78 is 4.53. The Labute approximate surface area is 106 Å². The summed E-state index contributed by atoms with van der Waals surface area (Å²) in [6.07, 6.45) is 3.13. The highest BCUT2D eigenvalue weighted by atomic mass is 79.9. The number of anilines is 1. The molecule has 0 N–H and O–H groups in total. The molecule has 1 saturated heterocycles. The standard InChI is InChI=1S/C10H10BrN3O3/c1-17-9(16)6-3-12-10(13-4-6)14-5-7(11)2-8(14)15/h3-4,7H,2,5H2,1H3. The van der Waals surface area contributed by atoms with Crippen LogP contribution in [0.5, 0.6) is 0 Å². The molecule has 17 heavy (non-hydrogen) atoms. The van der Waals surface area contributed by atoms with Crippen molar-refractivity contribution in [1.29, 1.82) is 0 Å². The number of nitrogens with zero attached hydrogens (tertiary/aromatic N) is 3. The van der Waals surface area contributed by atoms with Crippen LogP contribution in [0.1, 0.15) is 16.8 Å². The van der Waals surface area contributed by atoms with Gasteiger partial charge in [0.05, 0.1) is 12.7 Å². The molecule has 1 amide bonds. The largest absolute Gasteiger partial charge is 0.465 e. The minimum Gasteiger partial charge on any atom is -0.465 e. The van der Waals surface area contributed by atoms with Crippen molar-refractivity contribution in [1.82, 2.24) is 9.97 Å². The van der Waals surface area contributed by atoms with E-state index in [9.17, 15) is 9.59 Å². The molecule has 0 radical (unpaired) electrons. The highest BCUT2D eigenvalue weighted by Gasteiger charge is 2.30. The first-order valence-electron chi connectivity index (χ1n) is 4.96. The molecule has 1 aromatic heterocycles. The maximum absolute atomic E-state index is 11.6. The van der Waals surface area contributed by atoms with Crippen LogP contribution in [0, 0.1) is 0 Å². The quantitative estimate of drug-likeness (QED) is 0.595. The molecule has 1 aliphatic rings. The Balaban J connectivity index is 2.18. The Morgan fingerprint density at radius 1 is 1.53 bits per heavy atom. The summed E-state index contributed by atoms with van der Waals surface area (Å²) in [5.74, 6) is -0.218. The number of esters is 1. The smallest absolute Gasteiger partial charge is 0.341 e. The summed E-state index contributed by atoms with van der Waals surface area (Å²) >= 11 is 3.37. The summed E-state index contributed by atoms with van der Waals surface area (Å²) in [5.41, 5.74) is 0.262. The molecule has 1 fully saturated rings. The van der Waals surface area contributed by atoms with Gasteiger partial charge in [-0.05, 0) is 0 Å². The molecule has 2 rings (SSSR count). The van der Waals surface area contributed by atoms with Crippen molar-refractivity contribution in [2.45, 2.75) is 11.2 Å². The number of hydrogen-bond donors (Lipinski definition) is 0. The summed E-state index contributed by atoms with van der Waals surface area (Å²) in [4.78, 5) is 32.3. The second-order valence-electron chi connectivity index (χ2n) is 3.57. The van der Waals surface area contributed by atoms with Crippen molar-refractivity contribution >= 4 is 33.8 Å². The van der Waals surface area contributed by atoms with E-state index in [1.54, 1.807) is 0 Å². The van der Waals surface area contributed by atoms with Gasteiger partial charge in [0.25, 0.3) is 0 Å². The maximum atomic E-state index is 11.6. The first-order valence-corrected chi connectivity index (χ1v) is 5.88. The third-order valence-corrected chi connectivity index (χ3v) is 2.99. The van der Waals surface area contributed by atoms with Gasteiger partial charge in [-0.25, -0.2) is 14.8 Å². The lowest BCUT2D eigenvalue weighted by atomic mass is 10.3. The molecule has 6 nitrogen and oxygen atoms in total. The van der Waals surface area contributed by atoms with Crippen LogP contribution in [0.3, 0.4) is 0 Å². The lowest BCUT2D eigenvalue weighted by molar-refractivity contribution is -0.117. The van der Waals surface area contributed by atoms with Crippen LogP contribution in [0.15, 0.2) is 12.4 Å². The zero-order chi connectivity index (χ0) is 12.4. The number of halogens is 1. The minimum absolute atomic E-state index is 0.0299. The van der Waals surface area contributed by atoms with Gasteiger partial charge in [-0.1, -0.05) is 15.9 Å². The molecule has 0 saturated carbocycles. The number of aromatic nitrogens is 2. The van der Waals surface area contributed by atoms with E-state index in [1.165, 1.54) is 24.4 Å². The monoisotopic (exact) mass is 299 g/mol. The lowest BCUT2D eigenvalue weighted by Crippen LogP contribution is -2.26. The van der Waals surface area contributed by atoms with Gasteiger partial charge in [0, 0.05) is 30.2 Å². The fourth-order valence-electron chi connectivity index (χ4n) is 1.54. The second-order valence-corrected chi connectivity index (χ2v) is 4.86. The summed E-state index contributed by atoms with van der Waals surface area (Å²) in [7, 11) is 1.29. The van der Waals surface area contributed by atoms with E-state index in [1.807, 2.05) is 0 Å². The summed E-state index contributed by atoms with van der Waals surface area (Å²) in [5, 5.41) is 0. The summed E-state index contributed by atoms with van der Waals surface area (Å²) in [6.45, 7) is 0.538. The van der Waals surface area contributed by atoms with Crippen LogP contribution in [0.4, 0.5) is 5.95 Å². The van der Waals surface area contributed by atoms with Crippen LogP contribution >= 0.6 is 15.9 Å². The van der Waals surface area contributed by atoms with Gasteiger partial charge in [0.15, 0.2) is 0 Å². The van der Waals surface area contributed by atoms with Crippen LogP contribution in [-0.4, -0.2) is 40.3 Å². The van der Waals surface area contributed by atoms with E-state index in [0.29, 0.717) is 18.9 Å². The molecule has 0 aliphatic carbocycles. The van der Waals surface area contributed by atoms with E-state index in [0.717, 1.165) is 0 Å². The number of methoxy groups -OCH3 is 1. The van der Waals surface area contributed by atoms with E-state index in [2.05, 4.69) is 30.6 Å². The van der Waals surface area contributed by atoms with Crippen molar-refractivity contribution in [3.05, 3.63) is 18.0 Å². The van der Waals surface area contributed by atoms with Gasteiger partial charge in [0.1, 0.15) is 0 Å². The normalized spacial score (nSPS) is 19.5. The molecule has 0 aromatic carbocycles. The molecule has 0 bridgehead atoms. The number of carbonyl (C=O) groups is 2. The van der Waals surface area contributed by atoms with Crippen LogP contribution < -0.4 is 4.90 Å². The van der Waals surface area contributed by atoms with Crippen molar-refractivity contribution < 1.29 is 14.3 Å². The zero-order valence-electron chi connectivity index (χ0n) is 9.09. The molecule has 2 heterocycles. The number of alkyl halides is 1. The van der Waals surface area contributed by atoms with Crippen molar-refractivity contribution in [3.63, 3.8) is 0 Å². The molecule has 1 atom stereocenters. The van der Waals surface area contributed by atoms with Gasteiger partial charge in [0.2, 0.25) is 11.9 Å². The maximum Gasteiger partial charge on any atom is 0.341 e. The average Bonchev–Trinajstić information content (AvgIpc) is 2.68. The molecular weight excluding hydrogens is 290 g/mol.